The Bertz CT molecular complexity index is 688. The van der Waals surface area contributed by atoms with Crippen LogP contribution in [0.25, 0.3) is 0 Å². The van der Waals surface area contributed by atoms with Gasteiger partial charge in [0, 0.05) is 31.2 Å². The van der Waals surface area contributed by atoms with E-state index in [1.807, 2.05) is 12.1 Å². The molecule has 5 nitrogen and oxygen atoms in total. The van der Waals surface area contributed by atoms with Gasteiger partial charge in [0.2, 0.25) is 0 Å². The van der Waals surface area contributed by atoms with Gasteiger partial charge in [0.05, 0.1) is 25.5 Å². The predicted molar refractivity (Wildman–Crippen MR) is 97.6 cm³/mol. The quantitative estimate of drug-likeness (QED) is 0.836. The Morgan fingerprint density at radius 1 is 1.28 bits per heavy atom. The Hall–Kier alpha value is -1.85. The average Bonchev–Trinajstić information content (AvgIpc) is 3.25. The van der Waals surface area contributed by atoms with Crippen LogP contribution in [0.4, 0.5) is 5.82 Å². The molecule has 0 aromatic carbocycles. The molecule has 5 heteroatoms. The van der Waals surface area contributed by atoms with Crippen LogP contribution in [0.15, 0.2) is 41.0 Å². The van der Waals surface area contributed by atoms with Crippen LogP contribution in [0.1, 0.15) is 17.9 Å². The lowest BCUT2D eigenvalue weighted by Gasteiger charge is -2.37. The van der Waals surface area contributed by atoms with Crippen molar-refractivity contribution >= 4 is 5.82 Å². The monoisotopic (exact) mass is 341 g/mol. The van der Waals surface area contributed by atoms with Crippen molar-refractivity contribution in [2.45, 2.75) is 26.0 Å². The van der Waals surface area contributed by atoms with Crippen LogP contribution in [0.5, 0.6) is 0 Å². The molecule has 0 N–H and O–H groups in total. The van der Waals surface area contributed by atoms with E-state index in [0.717, 1.165) is 50.1 Å². The van der Waals surface area contributed by atoms with Crippen molar-refractivity contribution in [2.24, 2.45) is 11.8 Å². The molecule has 0 unspecified atom stereocenters. The molecule has 0 radical (unpaired) electrons. The molecule has 4 rings (SSSR count). The van der Waals surface area contributed by atoms with Gasteiger partial charge in [-0.05, 0) is 50.6 Å². The van der Waals surface area contributed by atoms with Crippen molar-refractivity contribution in [1.82, 2.24) is 9.88 Å². The molecule has 0 saturated carbocycles. The van der Waals surface area contributed by atoms with E-state index in [-0.39, 0.29) is 0 Å². The zero-order chi connectivity index (χ0) is 17.2. The molecule has 2 saturated heterocycles. The van der Waals surface area contributed by atoms with Crippen LogP contribution < -0.4 is 4.90 Å². The second-order valence-corrected chi connectivity index (χ2v) is 7.44. The first-order valence-electron chi connectivity index (χ1n) is 9.20. The fourth-order valence-corrected chi connectivity index (χ4v) is 4.23. The lowest BCUT2D eigenvalue weighted by atomic mass is 9.84. The summed E-state index contributed by atoms with van der Waals surface area (Å²) in [5.41, 5.74) is 1.08. The number of hydrogen-bond acceptors (Lipinski definition) is 5. The minimum Gasteiger partial charge on any atom is -0.468 e. The predicted octanol–water partition coefficient (Wildman–Crippen LogP) is 2.96. The maximum atomic E-state index is 6.18. The van der Waals surface area contributed by atoms with Crippen molar-refractivity contribution in [2.75, 3.05) is 38.2 Å². The molecule has 25 heavy (non-hydrogen) atoms. The summed E-state index contributed by atoms with van der Waals surface area (Å²) in [6, 6.07) is 10.3. The third kappa shape index (κ3) is 3.72. The molecule has 0 bridgehead atoms. The summed E-state index contributed by atoms with van der Waals surface area (Å²) < 4.78 is 11.6. The topological polar surface area (TPSA) is 41.7 Å². The number of furan rings is 1. The fraction of sp³-hybridized carbons (Fsp3) is 0.550. The number of likely N-dealkylation sites (N-methyl/N-ethyl adjacent to an activating group) is 1. The standard InChI is InChI=1S/C20H27N3O2/c1-15-5-3-7-20(21-15)23-9-8-18-16(11-23)14-25-19(18)13-22(2)12-17-6-4-10-24-17/h3-7,10,16,18-19H,8-9,11-14H2,1-2H3/t16-,18-,19+/m1/s1. The van der Waals surface area contributed by atoms with Gasteiger partial charge in [-0.25, -0.2) is 4.98 Å². The van der Waals surface area contributed by atoms with Crippen molar-refractivity contribution in [1.29, 1.82) is 0 Å². The number of pyridine rings is 1. The lowest BCUT2D eigenvalue weighted by molar-refractivity contribution is 0.0571. The van der Waals surface area contributed by atoms with Gasteiger partial charge in [0.1, 0.15) is 11.6 Å². The molecule has 2 fully saturated rings. The number of hydrogen-bond donors (Lipinski definition) is 0. The van der Waals surface area contributed by atoms with Crippen molar-refractivity contribution in [3.05, 3.63) is 48.0 Å². The Kier molecular flexibility index (Phi) is 4.77. The van der Waals surface area contributed by atoms with Crippen molar-refractivity contribution in [3.8, 4) is 0 Å². The number of fused-ring (bicyclic) bond motifs is 1. The van der Waals surface area contributed by atoms with Gasteiger partial charge in [-0.15, -0.1) is 0 Å². The molecule has 134 valence electrons. The molecule has 4 heterocycles. The Balaban J connectivity index is 1.34. The van der Waals surface area contributed by atoms with Gasteiger partial charge in [0.15, 0.2) is 0 Å². The van der Waals surface area contributed by atoms with Gasteiger partial charge < -0.3 is 14.1 Å². The van der Waals surface area contributed by atoms with Crippen LogP contribution in [-0.4, -0.2) is 49.3 Å². The highest BCUT2D eigenvalue weighted by Crippen LogP contribution is 2.36. The Labute approximate surface area is 149 Å². The minimum absolute atomic E-state index is 0.331. The van der Waals surface area contributed by atoms with Crippen LogP contribution in [0.3, 0.4) is 0 Å². The van der Waals surface area contributed by atoms with Crippen LogP contribution in [-0.2, 0) is 11.3 Å². The highest BCUT2D eigenvalue weighted by Gasteiger charge is 2.41. The molecule has 0 amide bonds. The van der Waals surface area contributed by atoms with E-state index in [4.69, 9.17) is 9.15 Å². The molecule has 3 atom stereocenters. The number of piperidine rings is 1. The zero-order valence-electron chi connectivity index (χ0n) is 15.1. The van der Waals surface area contributed by atoms with Gasteiger partial charge >= 0.3 is 0 Å². The van der Waals surface area contributed by atoms with Crippen LogP contribution in [0, 0.1) is 18.8 Å². The Morgan fingerprint density at radius 3 is 3.00 bits per heavy atom. The molecular formula is C20H27N3O2. The summed E-state index contributed by atoms with van der Waals surface area (Å²) in [5, 5.41) is 0. The molecule has 2 aliphatic rings. The second kappa shape index (κ2) is 7.18. The largest absolute Gasteiger partial charge is 0.468 e. The van der Waals surface area contributed by atoms with Gasteiger partial charge in [-0.1, -0.05) is 6.07 Å². The average molecular weight is 341 g/mol. The van der Waals surface area contributed by atoms with E-state index in [9.17, 15) is 0 Å². The molecule has 0 spiro atoms. The Morgan fingerprint density at radius 2 is 2.20 bits per heavy atom. The van der Waals surface area contributed by atoms with Crippen molar-refractivity contribution in [3.63, 3.8) is 0 Å². The van der Waals surface area contributed by atoms with E-state index in [1.165, 1.54) is 6.42 Å². The van der Waals surface area contributed by atoms with Gasteiger partial charge in [0.25, 0.3) is 0 Å². The van der Waals surface area contributed by atoms with Crippen LogP contribution in [0.2, 0.25) is 0 Å². The third-order valence-electron chi connectivity index (χ3n) is 5.49. The van der Waals surface area contributed by atoms with E-state index >= 15 is 0 Å². The molecule has 0 aliphatic carbocycles. The minimum atomic E-state index is 0.331. The molecular weight excluding hydrogens is 314 g/mol. The number of nitrogens with zero attached hydrogens (tertiary/aromatic N) is 3. The summed E-state index contributed by atoms with van der Waals surface area (Å²) in [4.78, 5) is 9.42. The first kappa shape index (κ1) is 16.6. The number of anilines is 1. The van der Waals surface area contributed by atoms with E-state index < -0.39 is 0 Å². The lowest BCUT2D eigenvalue weighted by Crippen LogP contribution is -2.43. The van der Waals surface area contributed by atoms with Crippen LogP contribution >= 0.6 is 0 Å². The maximum Gasteiger partial charge on any atom is 0.128 e. The maximum absolute atomic E-state index is 6.18. The van der Waals surface area contributed by atoms with Crippen molar-refractivity contribution < 1.29 is 9.15 Å². The first-order valence-corrected chi connectivity index (χ1v) is 9.20. The third-order valence-corrected chi connectivity index (χ3v) is 5.49. The summed E-state index contributed by atoms with van der Waals surface area (Å²) in [7, 11) is 2.14. The summed E-state index contributed by atoms with van der Waals surface area (Å²) in [6.45, 7) is 6.85. The normalized spacial score (nSPS) is 26.2. The van der Waals surface area contributed by atoms with Gasteiger partial charge in [-0.2, -0.15) is 0 Å². The summed E-state index contributed by atoms with van der Waals surface area (Å²) in [5.74, 6) is 3.38. The number of aromatic nitrogens is 1. The smallest absolute Gasteiger partial charge is 0.128 e. The van der Waals surface area contributed by atoms with E-state index in [1.54, 1.807) is 6.26 Å². The molecule has 2 aromatic rings. The summed E-state index contributed by atoms with van der Waals surface area (Å²) >= 11 is 0. The number of rotatable bonds is 5. The van der Waals surface area contributed by atoms with E-state index in [0.29, 0.717) is 17.9 Å². The number of ether oxygens (including phenoxy) is 1. The summed E-state index contributed by atoms with van der Waals surface area (Å²) in [6.07, 6.45) is 3.25. The first-order chi connectivity index (χ1) is 12.2. The number of aryl methyl sites for hydroxylation is 1. The zero-order valence-corrected chi connectivity index (χ0v) is 15.1. The highest BCUT2D eigenvalue weighted by molar-refractivity contribution is 5.40. The van der Waals surface area contributed by atoms with E-state index in [2.05, 4.69) is 47.0 Å². The van der Waals surface area contributed by atoms with Gasteiger partial charge in [-0.3, -0.25) is 4.90 Å². The molecule has 2 aliphatic heterocycles. The highest BCUT2D eigenvalue weighted by atomic mass is 16.5. The fourth-order valence-electron chi connectivity index (χ4n) is 4.23. The SMILES string of the molecule is Cc1cccc(N2CC[C@@H]3[C@@H](CO[C@H]3CN(C)Cc3ccco3)C2)n1. The second-order valence-electron chi connectivity index (χ2n) is 7.44. The molecule has 2 aromatic heterocycles.